The van der Waals surface area contributed by atoms with Crippen molar-refractivity contribution in [2.24, 2.45) is 11.7 Å². The van der Waals surface area contributed by atoms with Gasteiger partial charge in [0.15, 0.2) is 0 Å². The molecule has 0 radical (unpaired) electrons. The predicted molar refractivity (Wildman–Crippen MR) is 75.7 cm³/mol. The summed E-state index contributed by atoms with van der Waals surface area (Å²) in [4.78, 5) is 11.7. The smallest absolute Gasteiger partial charge is 0.237 e. The zero-order chi connectivity index (χ0) is 13.3. The fourth-order valence-corrected chi connectivity index (χ4v) is 2.48. The number of fused-ring (bicyclic) bond motifs is 1. The van der Waals surface area contributed by atoms with Crippen molar-refractivity contribution in [1.29, 1.82) is 0 Å². The largest absolute Gasteiger partial charge is 0.348 e. The topological polar surface area (TPSA) is 55.1 Å². The molecule has 0 saturated carbocycles. The van der Waals surface area contributed by atoms with Crippen molar-refractivity contribution in [1.82, 2.24) is 5.32 Å². The van der Waals surface area contributed by atoms with E-state index in [-0.39, 0.29) is 30.2 Å². The van der Waals surface area contributed by atoms with Crippen LogP contribution in [0.4, 0.5) is 4.39 Å². The van der Waals surface area contributed by atoms with Crippen LogP contribution < -0.4 is 11.1 Å². The molecule has 0 heterocycles. The Balaban J connectivity index is 0.00000180. The third-order valence-corrected chi connectivity index (χ3v) is 3.62. The second-order valence-corrected chi connectivity index (χ2v) is 5.10. The maximum Gasteiger partial charge on any atom is 0.237 e. The molecular weight excluding hydrogens is 267 g/mol. The molecule has 1 aromatic carbocycles. The summed E-state index contributed by atoms with van der Waals surface area (Å²) in [6.07, 6.45) is 1.60. The summed E-state index contributed by atoms with van der Waals surface area (Å²) in [6.45, 7) is 3.72. The van der Waals surface area contributed by atoms with Gasteiger partial charge < -0.3 is 11.1 Å². The van der Waals surface area contributed by atoms with Crippen LogP contribution >= 0.6 is 12.4 Å². The van der Waals surface area contributed by atoms with Gasteiger partial charge in [0, 0.05) is 0 Å². The number of carbonyl (C=O) groups is 1. The van der Waals surface area contributed by atoms with Gasteiger partial charge in [-0.3, -0.25) is 4.79 Å². The monoisotopic (exact) mass is 286 g/mol. The van der Waals surface area contributed by atoms with Crippen LogP contribution in [0.15, 0.2) is 18.2 Å². The first kappa shape index (κ1) is 15.9. The van der Waals surface area contributed by atoms with Gasteiger partial charge >= 0.3 is 0 Å². The molecule has 0 fully saturated rings. The fraction of sp³-hybridized carbons (Fsp3) is 0.500. The zero-order valence-corrected chi connectivity index (χ0v) is 12.0. The Labute approximate surface area is 119 Å². The molecule has 1 aromatic rings. The van der Waals surface area contributed by atoms with E-state index in [0.29, 0.717) is 5.92 Å². The Morgan fingerprint density at radius 3 is 2.84 bits per heavy atom. The quantitative estimate of drug-likeness (QED) is 0.877. The Morgan fingerprint density at radius 1 is 1.53 bits per heavy atom. The van der Waals surface area contributed by atoms with E-state index in [9.17, 15) is 9.18 Å². The van der Waals surface area contributed by atoms with E-state index in [1.54, 1.807) is 13.0 Å². The van der Waals surface area contributed by atoms with E-state index in [2.05, 4.69) is 12.2 Å². The molecule has 0 bridgehead atoms. The molecule has 0 spiro atoms. The number of hydrogen-bond donors (Lipinski definition) is 2. The summed E-state index contributed by atoms with van der Waals surface area (Å²) in [7, 11) is 0. The summed E-state index contributed by atoms with van der Waals surface area (Å²) in [5, 5.41) is 2.92. The second kappa shape index (κ2) is 6.35. The van der Waals surface area contributed by atoms with E-state index < -0.39 is 6.04 Å². The number of carbonyl (C=O) groups excluding carboxylic acids is 1. The lowest BCUT2D eigenvalue weighted by molar-refractivity contribution is -0.123. The van der Waals surface area contributed by atoms with Gasteiger partial charge in [-0.25, -0.2) is 4.39 Å². The Morgan fingerprint density at radius 2 is 2.21 bits per heavy atom. The van der Waals surface area contributed by atoms with Crippen LogP contribution in [-0.4, -0.2) is 11.9 Å². The lowest BCUT2D eigenvalue weighted by atomic mass is 9.80. The highest BCUT2D eigenvalue weighted by Crippen LogP contribution is 2.35. The lowest BCUT2D eigenvalue weighted by Gasteiger charge is -2.32. The molecule has 19 heavy (non-hydrogen) atoms. The number of amides is 1. The standard InChI is InChI=1S/C14H19FN2O.ClH/c1-8-6-7-10-11(4-3-5-12(10)15)13(8)17-14(18)9(2)16;/h3-5,8-9,13H,6-7,16H2,1-2H3,(H,17,18);1H/t8?,9-,13?;/m1./s1. The fourth-order valence-electron chi connectivity index (χ4n) is 2.48. The van der Waals surface area contributed by atoms with Gasteiger partial charge in [-0.2, -0.15) is 0 Å². The first-order valence-electron chi connectivity index (χ1n) is 6.34. The van der Waals surface area contributed by atoms with E-state index in [0.717, 1.165) is 24.0 Å². The van der Waals surface area contributed by atoms with Crippen molar-refractivity contribution in [3.63, 3.8) is 0 Å². The molecule has 106 valence electrons. The molecule has 5 heteroatoms. The van der Waals surface area contributed by atoms with Crippen LogP contribution in [0.2, 0.25) is 0 Å². The summed E-state index contributed by atoms with van der Waals surface area (Å²) < 4.78 is 13.7. The van der Waals surface area contributed by atoms with Crippen molar-refractivity contribution in [2.45, 2.75) is 38.8 Å². The van der Waals surface area contributed by atoms with Gasteiger partial charge in [-0.15, -0.1) is 12.4 Å². The summed E-state index contributed by atoms with van der Waals surface area (Å²) in [5.41, 5.74) is 7.18. The van der Waals surface area contributed by atoms with Gasteiger partial charge in [-0.1, -0.05) is 19.1 Å². The molecule has 1 aliphatic carbocycles. The molecule has 1 amide bonds. The summed E-state index contributed by atoms with van der Waals surface area (Å²) >= 11 is 0. The van der Waals surface area contributed by atoms with E-state index >= 15 is 0 Å². The van der Waals surface area contributed by atoms with Gasteiger partial charge in [0.25, 0.3) is 0 Å². The number of nitrogens with one attached hydrogen (secondary N) is 1. The minimum atomic E-state index is -0.545. The van der Waals surface area contributed by atoms with Crippen molar-refractivity contribution < 1.29 is 9.18 Å². The third-order valence-electron chi connectivity index (χ3n) is 3.62. The van der Waals surface area contributed by atoms with Crippen molar-refractivity contribution >= 4 is 18.3 Å². The van der Waals surface area contributed by atoms with E-state index in [1.165, 1.54) is 6.07 Å². The van der Waals surface area contributed by atoms with Crippen molar-refractivity contribution in [3.8, 4) is 0 Å². The third kappa shape index (κ3) is 3.25. The van der Waals surface area contributed by atoms with E-state index in [4.69, 9.17) is 5.73 Å². The first-order valence-corrected chi connectivity index (χ1v) is 6.34. The maximum absolute atomic E-state index is 13.7. The van der Waals surface area contributed by atoms with Gasteiger partial charge in [-0.05, 0) is 42.9 Å². The van der Waals surface area contributed by atoms with Crippen LogP contribution in [0.1, 0.15) is 37.4 Å². The van der Waals surface area contributed by atoms with Crippen LogP contribution in [-0.2, 0) is 11.2 Å². The highest BCUT2D eigenvalue weighted by atomic mass is 35.5. The van der Waals surface area contributed by atoms with E-state index in [1.807, 2.05) is 6.07 Å². The van der Waals surface area contributed by atoms with Crippen LogP contribution in [0, 0.1) is 11.7 Å². The molecule has 3 N–H and O–H groups in total. The Bertz CT molecular complexity index is 465. The maximum atomic E-state index is 13.7. The van der Waals surface area contributed by atoms with Crippen LogP contribution in [0.5, 0.6) is 0 Å². The minimum absolute atomic E-state index is 0. The van der Waals surface area contributed by atoms with Crippen LogP contribution in [0.3, 0.4) is 0 Å². The highest BCUT2D eigenvalue weighted by Gasteiger charge is 2.29. The average molecular weight is 287 g/mol. The van der Waals surface area contributed by atoms with Gasteiger partial charge in [0.2, 0.25) is 5.91 Å². The predicted octanol–water partition coefficient (Wildman–Crippen LogP) is 2.33. The summed E-state index contributed by atoms with van der Waals surface area (Å²) in [5.74, 6) is -0.0783. The van der Waals surface area contributed by atoms with Crippen molar-refractivity contribution in [3.05, 3.63) is 35.1 Å². The number of rotatable bonds is 2. The highest BCUT2D eigenvalue weighted by molar-refractivity contribution is 5.85. The number of nitrogens with two attached hydrogens (primary N) is 1. The number of halogens is 2. The molecule has 0 saturated heterocycles. The van der Waals surface area contributed by atoms with Crippen molar-refractivity contribution in [2.75, 3.05) is 0 Å². The molecule has 2 unspecified atom stereocenters. The molecule has 2 rings (SSSR count). The Kier molecular flexibility index (Phi) is 5.32. The van der Waals surface area contributed by atoms with Crippen LogP contribution in [0.25, 0.3) is 0 Å². The Hall–Kier alpha value is -1.13. The molecule has 0 aliphatic heterocycles. The molecule has 3 nitrogen and oxygen atoms in total. The normalized spacial score (nSPS) is 22.9. The summed E-state index contributed by atoms with van der Waals surface area (Å²) in [6, 6.07) is 4.37. The number of benzene rings is 1. The van der Waals surface area contributed by atoms with Gasteiger partial charge in [0.1, 0.15) is 5.82 Å². The zero-order valence-electron chi connectivity index (χ0n) is 11.2. The van der Waals surface area contributed by atoms with Gasteiger partial charge in [0.05, 0.1) is 12.1 Å². The first-order chi connectivity index (χ1) is 8.50. The molecule has 3 atom stereocenters. The molecule has 1 aliphatic rings. The SMILES string of the molecule is CC1CCc2c(F)cccc2C1NC(=O)[C@@H](C)N.Cl. The average Bonchev–Trinajstić information content (AvgIpc) is 2.32. The molecule has 0 aromatic heterocycles. The minimum Gasteiger partial charge on any atom is -0.348 e. The molecular formula is C14H20ClFN2O. The lowest BCUT2D eigenvalue weighted by Crippen LogP contribution is -2.43. The second-order valence-electron chi connectivity index (χ2n) is 5.10. The number of hydrogen-bond acceptors (Lipinski definition) is 2.